The lowest BCUT2D eigenvalue weighted by Crippen LogP contribution is -1.94. The van der Waals surface area contributed by atoms with E-state index in [4.69, 9.17) is 4.74 Å². The van der Waals surface area contributed by atoms with Crippen molar-refractivity contribution in [3.63, 3.8) is 0 Å². The number of methoxy groups -OCH3 is 1. The predicted octanol–water partition coefficient (Wildman–Crippen LogP) is 2.29. The van der Waals surface area contributed by atoms with Crippen molar-refractivity contribution < 1.29 is 4.74 Å². The highest BCUT2D eigenvalue weighted by Crippen LogP contribution is 2.22. The van der Waals surface area contributed by atoms with Crippen molar-refractivity contribution >= 4 is 15.9 Å². The van der Waals surface area contributed by atoms with Crippen molar-refractivity contribution in [1.82, 2.24) is 4.98 Å². The molecule has 0 N–H and O–H groups in total. The van der Waals surface area contributed by atoms with E-state index in [1.54, 1.807) is 13.3 Å². The van der Waals surface area contributed by atoms with Gasteiger partial charge in [-0.3, -0.25) is 4.98 Å². The first-order valence-electron chi connectivity index (χ1n) is 3.34. The molecule has 0 fully saturated rings. The molecule has 1 heterocycles. The number of aryl methyl sites for hydroxylation is 1. The van der Waals surface area contributed by atoms with Gasteiger partial charge >= 0.3 is 0 Å². The Bertz CT molecular complexity index is 250. The number of nitrogens with zero attached hydrogens (tertiary/aromatic N) is 1. The second kappa shape index (κ2) is 3.72. The van der Waals surface area contributed by atoms with Crippen molar-refractivity contribution in [2.75, 3.05) is 7.11 Å². The Morgan fingerprint density at radius 1 is 1.64 bits per heavy atom. The Morgan fingerprint density at radius 2 is 2.36 bits per heavy atom. The molecule has 0 amide bonds. The second-order valence-corrected chi connectivity index (χ2v) is 2.78. The summed E-state index contributed by atoms with van der Waals surface area (Å²) in [5.74, 6) is 0.879. The van der Waals surface area contributed by atoms with Crippen molar-refractivity contribution in [2.45, 2.75) is 12.3 Å². The van der Waals surface area contributed by atoms with Crippen LogP contribution in [0.1, 0.15) is 11.3 Å². The normalized spacial score (nSPS) is 9.73. The molecule has 0 aromatic carbocycles. The molecule has 0 saturated heterocycles. The Hall–Kier alpha value is -0.570. The zero-order valence-electron chi connectivity index (χ0n) is 6.60. The van der Waals surface area contributed by atoms with Crippen LogP contribution in [0.15, 0.2) is 12.3 Å². The zero-order chi connectivity index (χ0) is 8.27. The number of ether oxygens (including phenoxy) is 1. The van der Waals surface area contributed by atoms with Gasteiger partial charge in [-0.05, 0) is 13.0 Å². The third kappa shape index (κ3) is 1.71. The Kier molecular flexibility index (Phi) is 2.88. The molecule has 0 bridgehead atoms. The molecule has 1 aromatic heterocycles. The van der Waals surface area contributed by atoms with Crippen molar-refractivity contribution in [2.24, 2.45) is 0 Å². The molecule has 11 heavy (non-hydrogen) atoms. The maximum absolute atomic E-state index is 5.17. The fourth-order valence-electron chi connectivity index (χ4n) is 0.990. The molecule has 0 aliphatic carbocycles. The van der Waals surface area contributed by atoms with Gasteiger partial charge in [0.2, 0.25) is 0 Å². The molecular weight excluding hydrogens is 206 g/mol. The molecule has 0 saturated carbocycles. The second-order valence-electron chi connectivity index (χ2n) is 2.22. The minimum Gasteiger partial charge on any atom is -0.495 e. The average molecular weight is 216 g/mol. The van der Waals surface area contributed by atoms with Crippen molar-refractivity contribution in [3.05, 3.63) is 23.5 Å². The van der Waals surface area contributed by atoms with Gasteiger partial charge in [-0.25, -0.2) is 0 Å². The fourth-order valence-corrected chi connectivity index (χ4v) is 1.43. The van der Waals surface area contributed by atoms with E-state index in [0.717, 1.165) is 22.3 Å². The lowest BCUT2D eigenvalue weighted by atomic mass is 10.2. The lowest BCUT2D eigenvalue weighted by Gasteiger charge is -2.06. The Labute approximate surface area is 74.7 Å². The van der Waals surface area contributed by atoms with Crippen LogP contribution in [0.5, 0.6) is 5.75 Å². The number of halogens is 1. The van der Waals surface area contributed by atoms with Crippen LogP contribution in [0.3, 0.4) is 0 Å². The summed E-state index contributed by atoms with van der Waals surface area (Å²) in [6.45, 7) is 1.94. The first kappa shape index (κ1) is 8.53. The summed E-state index contributed by atoms with van der Waals surface area (Å²) in [7, 11) is 1.66. The molecule has 0 atom stereocenters. The number of aromatic nitrogens is 1. The number of alkyl halides is 1. The van der Waals surface area contributed by atoms with E-state index in [2.05, 4.69) is 20.9 Å². The summed E-state index contributed by atoms with van der Waals surface area (Å²) >= 11 is 3.38. The van der Waals surface area contributed by atoms with E-state index in [9.17, 15) is 0 Å². The molecule has 1 aromatic rings. The maximum Gasteiger partial charge on any atom is 0.144 e. The molecular formula is C8H10BrNO. The molecule has 0 aliphatic rings. The van der Waals surface area contributed by atoms with Gasteiger partial charge in [-0.2, -0.15) is 0 Å². The van der Waals surface area contributed by atoms with E-state index in [0.29, 0.717) is 0 Å². The summed E-state index contributed by atoms with van der Waals surface area (Å²) in [4.78, 5) is 4.11. The molecule has 2 nitrogen and oxygen atoms in total. The van der Waals surface area contributed by atoms with Crippen LogP contribution in [0.2, 0.25) is 0 Å². The highest BCUT2D eigenvalue weighted by Gasteiger charge is 2.03. The van der Waals surface area contributed by atoms with Gasteiger partial charge in [0.1, 0.15) is 5.75 Å². The van der Waals surface area contributed by atoms with Gasteiger partial charge in [0, 0.05) is 17.1 Å². The third-order valence-electron chi connectivity index (χ3n) is 1.51. The Balaban J connectivity index is 3.13. The van der Waals surface area contributed by atoms with Gasteiger partial charge in [0.25, 0.3) is 0 Å². The SMILES string of the molecule is COc1c(CBr)ccnc1C. The van der Waals surface area contributed by atoms with Crippen LogP contribution >= 0.6 is 15.9 Å². The minimum atomic E-state index is 0.805. The van der Waals surface area contributed by atoms with E-state index >= 15 is 0 Å². The molecule has 0 radical (unpaired) electrons. The minimum absolute atomic E-state index is 0.805. The third-order valence-corrected chi connectivity index (χ3v) is 2.12. The first-order valence-corrected chi connectivity index (χ1v) is 4.46. The average Bonchev–Trinajstić information content (AvgIpc) is 2.04. The van der Waals surface area contributed by atoms with Gasteiger partial charge in [-0.15, -0.1) is 0 Å². The smallest absolute Gasteiger partial charge is 0.144 e. The lowest BCUT2D eigenvalue weighted by molar-refractivity contribution is 0.406. The van der Waals surface area contributed by atoms with Crippen LogP contribution in [0.25, 0.3) is 0 Å². The Morgan fingerprint density at radius 3 is 2.82 bits per heavy atom. The van der Waals surface area contributed by atoms with Gasteiger partial charge in [0.15, 0.2) is 0 Å². The molecule has 1 rings (SSSR count). The summed E-state index contributed by atoms with van der Waals surface area (Å²) in [5, 5.41) is 0.805. The molecule has 0 aliphatic heterocycles. The van der Waals surface area contributed by atoms with Crippen molar-refractivity contribution in [1.29, 1.82) is 0 Å². The summed E-state index contributed by atoms with van der Waals surface area (Å²) in [6.07, 6.45) is 1.79. The molecule has 0 unspecified atom stereocenters. The predicted molar refractivity (Wildman–Crippen MR) is 48.2 cm³/mol. The van der Waals surface area contributed by atoms with Crippen LogP contribution in [-0.4, -0.2) is 12.1 Å². The molecule has 60 valence electrons. The van der Waals surface area contributed by atoms with E-state index in [1.165, 1.54) is 0 Å². The topological polar surface area (TPSA) is 22.1 Å². The highest BCUT2D eigenvalue weighted by atomic mass is 79.9. The van der Waals surface area contributed by atoms with Gasteiger partial charge in [0.05, 0.1) is 12.8 Å². The van der Waals surface area contributed by atoms with Crippen molar-refractivity contribution in [3.8, 4) is 5.75 Å². The fraction of sp³-hybridized carbons (Fsp3) is 0.375. The standard InChI is InChI=1S/C8H10BrNO/c1-6-8(11-2)7(5-9)3-4-10-6/h3-4H,5H2,1-2H3. The quantitative estimate of drug-likeness (QED) is 0.707. The number of rotatable bonds is 2. The van der Waals surface area contributed by atoms with Crippen LogP contribution in [0.4, 0.5) is 0 Å². The number of hydrogen-bond acceptors (Lipinski definition) is 2. The van der Waals surface area contributed by atoms with E-state index < -0.39 is 0 Å². The van der Waals surface area contributed by atoms with Crippen LogP contribution in [-0.2, 0) is 5.33 Å². The number of pyridine rings is 1. The largest absolute Gasteiger partial charge is 0.495 e. The summed E-state index contributed by atoms with van der Waals surface area (Å²) < 4.78 is 5.17. The van der Waals surface area contributed by atoms with E-state index in [-0.39, 0.29) is 0 Å². The summed E-state index contributed by atoms with van der Waals surface area (Å²) in [5.41, 5.74) is 2.07. The highest BCUT2D eigenvalue weighted by molar-refractivity contribution is 9.08. The first-order chi connectivity index (χ1) is 5.29. The van der Waals surface area contributed by atoms with Gasteiger partial charge < -0.3 is 4.74 Å². The van der Waals surface area contributed by atoms with E-state index in [1.807, 2.05) is 13.0 Å². The van der Waals surface area contributed by atoms with Crippen LogP contribution < -0.4 is 4.74 Å². The van der Waals surface area contributed by atoms with Crippen LogP contribution in [0, 0.1) is 6.92 Å². The summed E-state index contributed by atoms with van der Waals surface area (Å²) in [6, 6.07) is 1.95. The maximum atomic E-state index is 5.17. The zero-order valence-corrected chi connectivity index (χ0v) is 8.18. The number of hydrogen-bond donors (Lipinski definition) is 0. The van der Waals surface area contributed by atoms with Gasteiger partial charge in [-0.1, -0.05) is 15.9 Å². The molecule has 0 spiro atoms. The molecule has 3 heteroatoms. The monoisotopic (exact) mass is 215 g/mol.